The number of aliphatic hydroxyl groups is 1. The molecule has 2 heterocycles. The van der Waals surface area contributed by atoms with Crippen LogP contribution in [0.15, 0.2) is 73.1 Å². The van der Waals surface area contributed by atoms with Crippen molar-refractivity contribution in [3.63, 3.8) is 0 Å². The van der Waals surface area contributed by atoms with Crippen LogP contribution in [0, 0.1) is 0 Å². The molecule has 25 heavy (non-hydrogen) atoms. The van der Waals surface area contributed by atoms with Crippen LogP contribution in [0.5, 0.6) is 0 Å². The monoisotopic (exact) mass is 329 g/mol. The third-order valence-electron chi connectivity index (χ3n) is 4.28. The molecule has 2 aromatic carbocycles. The van der Waals surface area contributed by atoms with Gasteiger partial charge in [-0.1, -0.05) is 30.3 Å². The van der Waals surface area contributed by atoms with Gasteiger partial charge < -0.3 is 5.11 Å². The van der Waals surface area contributed by atoms with Crippen molar-refractivity contribution in [3.8, 4) is 22.4 Å². The number of rotatable bonds is 5. The Balaban J connectivity index is 1.67. The van der Waals surface area contributed by atoms with Crippen LogP contribution in [-0.2, 0) is 6.54 Å². The molecule has 0 aliphatic carbocycles. The first kappa shape index (κ1) is 15.5. The lowest BCUT2D eigenvalue weighted by Gasteiger charge is -2.06. The second-order valence-electron chi connectivity index (χ2n) is 6.03. The van der Waals surface area contributed by atoms with E-state index in [4.69, 9.17) is 5.11 Å². The quantitative estimate of drug-likeness (QED) is 0.598. The fourth-order valence-corrected chi connectivity index (χ4v) is 2.99. The van der Waals surface area contributed by atoms with Crippen molar-refractivity contribution >= 4 is 10.9 Å². The maximum absolute atomic E-state index is 8.94. The first-order chi connectivity index (χ1) is 12.3. The standard InChI is InChI=1S/C21H19N3O/c25-13-3-11-24-12-9-21(23-24)19-5-1-4-16(14-19)17-7-8-20-18(15-17)6-2-10-22-20/h1-2,4-10,12,14-15,25H,3,11,13H2. The molecule has 4 nitrogen and oxygen atoms in total. The molecule has 0 fully saturated rings. The molecule has 4 rings (SSSR count). The highest BCUT2D eigenvalue weighted by Crippen LogP contribution is 2.27. The Morgan fingerprint density at radius 1 is 0.880 bits per heavy atom. The summed E-state index contributed by atoms with van der Waals surface area (Å²) < 4.78 is 1.87. The van der Waals surface area contributed by atoms with Gasteiger partial charge in [-0.05, 0) is 47.9 Å². The van der Waals surface area contributed by atoms with E-state index in [1.807, 2.05) is 29.2 Å². The normalized spacial score (nSPS) is 11.1. The first-order valence-corrected chi connectivity index (χ1v) is 8.43. The van der Waals surface area contributed by atoms with Gasteiger partial charge in [-0.2, -0.15) is 5.10 Å². The molecule has 0 aliphatic heterocycles. The number of aromatic nitrogens is 3. The maximum Gasteiger partial charge on any atom is 0.0923 e. The molecular formula is C21H19N3O. The molecule has 0 saturated heterocycles. The second-order valence-corrected chi connectivity index (χ2v) is 6.03. The number of aryl methyl sites for hydroxylation is 1. The van der Waals surface area contributed by atoms with Gasteiger partial charge in [0.2, 0.25) is 0 Å². The predicted molar refractivity (Wildman–Crippen MR) is 100 cm³/mol. The van der Waals surface area contributed by atoms with Crippen LogP contribution in [0.3, 0.4) is 0 Å². The van der Waals surface area contributed by atoms with Crippen molar-refractivity contribution in [2.45, 2.75) is 13.0 Å². The van der Waals surface area contributed by atoms with E-state index in [2.05, 4.69) is 58.6 Å². The lowest BCUT2D eigenvalue weighted by Crippen LogP contribution is -2.00. The average Bonchev–Trinajstić information content (AvgIpc) is 3.15. The Bertz CT molecular complexity index is 1010. The van der Waals surface area contributed by atoms with E-state index in [9.17, 15) is 0 Å². The summed E-state index contributed by atoms with van der Waals surface area (Å²) in [6, 6.07) is 20.8. The Labute approximate surface area is 146 Å². The molecule has 0 unspecified atom stereocenters. The van der Waals surface area contributed by atoms with Gasteiger partial charge in [0.1, 0.15) is 0 Å². The Morgan fingerprint density at radius 3 is 2.68 bits per heavy atom. The van der Waals surface area contributed by atoms with Gasteiger partial charge in [-0.15, -0.1) is 0 Å². The molecule has 2 aromatic heterocycles. The summed E-state index contributed by atoms with van der Waals surface area (Å²) in [6.45, 7) is 0.912. The van der Waals surface area contributed by atoms with Gasteiger partial charge in [0.25, 0.3) is 0 Å². The third kappa shape index (κ3) is 3.30. The van der Waals surface area contributed by atoms with Gasteiger partial charge in [0, 0.05) is 36.5 Å². The second kappa shape index (κ2) is 6.87. The summed E-state index contributed by atoms with van der Waals surface area (Å²) in [5, 5.41) is 14.7. The average molecular weight is 329 g/mol. The Kier molecular flexibility index (Phi) is 4.27. The molecule has 0 aliphatic rings. The van der Waals surface area contributed by atoms with E-state index in [1.165, 1.54) is 5.56 Å². The topological polar surface area (TPSA) is 50.9 Å². The summed E-state index contributed by atoms with van der Waals surface area (Å²) in [5.74, 6) is 0. The fourth-order valence-electron chi connectivity index (χ4n) is 2.99. The number of hydrogen-bond acceptors (Lipinski definition) is 3. The highest BCUT2D eigenvalue weighted by molar-refractivity contribution is 5.85. The molecule has 0 bridgehead atoms. The predicted octanol–water partition coefficient (Wildman–Crippen LogP) is 4.15. The van der Waals surface area contributed by atoms with Crippen LogP contribution in [-0.4, -0.2) is 26.5 Å². The minimum absolute atomic E-state index is 0.182. The molecule has 4 aromatic rings. The van der Waals surface area contributed by atoms with E-state index in [1.54, 1.807) is 0 Å². The molecule has 124 valence electrons. The van der Waals surface area contributed by atoms with E-state index < -0.39 is 0 Å². The van der Waals surface area contributed by atoms with Crippen molar-refractivity contribution in [1.82, 2.24) is 14.8 Å². The van der Waals surface area contributed by atoms with Crippen LogP contribution in [0.1, 0.15) is 6.42 Å². The zero-order chi connectivity index (χ0) is 17.1. The van der Waals surface area contributed by atoms with Gasteiger partial charge in [0.15, 0.2) is 0 Å². The molecule has 0 saturated carbocycles. The Hall–Kier alpha value is -2.98. The van der Waals surface area contributed by atoms with E-state index in [0.717, 1.165) is 34.3 Å². The molecule has 0 amide bonds. The van der Waals surface area contributed by atoms with Gasteiger partial charge >= 0.3 is 0 Å². The van der Waals surface area contributed by atoms with Crippen LogP contribution >= 0.6 is 0 Å². The zero-order valence-electron chi connectivity index (χ0n) is 13.8. The van der Waals surface area contributed by atoms with Gasteiger partial charge in [-0.25, -0.2) is 0 Å². The van der Waals surface area contributed by atoms with E-state index >= 15 is 0 Å². The van der Waals surface area contributed by atoms with Crippen LogP contribution in [0.25, 0.3) is 33.3 Å². The van der Waals surface area contributed by atoms with E-state index in [-0.39, 0.29) is 6.61 Å². The highest BCUT2D eigenvalue weighted by Gasteiger charge is 2.06. The Morgan fingerprint density at radius 2 is 1.76 bits per heavy atom. The highest BCUT2D eigenvalue weighted by atomic mass is 16.3. The van der Waals surface area contributed by atoms with E-state index in [0.29, 0.717) is 6.42 Å². The minimum atomic E-state index is 0.182. The summed E-state index contributed by atoms with van der Waals surface area (Å²) >= 11 is 0. The van der Waals surface area contributed by atoms with Crippen LogP contribution in [0.4, 0.5) is 0 Å². The fraction of sp³-hybridized carbons (Fsp3) is 0.143. The zero-order valence-corrected chi connectivity index (χ0v) is 13.8. The summed E-state index contributed by atoms with van der Waals surface area (Å²) in [5.41, 5.74) is 5.37. The smallest absolute Gasteiger partial charge is 0.0923 e. The van der Waals surface area contributed by atoms with Gasteiger partial charge in [0.05, 0.1) is 11.2 Å². The van der Waals surface area contributed by atoms with Gasteiger partial charge in [-0.3, -0.25) is 9.67 Å². The minimum Gasteiger partial charge on any atom is -0.396 e. The molecule has 0 atom stereocenters. The van der Waals surface area contributed by atoms with Crippen molar-refractivity contribution in [3.05, 3.63) is 73.1 Å². The molecular weight excluding hydrogens is 310 g/mol. The number of fused-ring (bicyclic) bond motifs is 1. The number of nitrogens with zero attached hydrogens (tertiary/aromatic N) is 3. The largest absolute Gasteiger partial charge is 0.396 e. The van der Waals surface area contributed by atoms with Crippen molar-refractivity contribution in [1.29, 1.82) is 0 Å². The summed E-state index contributed by atoms with van der Waals surface area (Å²) in [7, 11) is 0. The lowest BCUT2D eigenvalue weighted by atomic mass is 10.0. The lowest BCUT2D eigenvalue weighted by molar-refractivity contribution is 0.277. The molecule has 0 radical (unpaired) electrons. The molecule has 4 heteroatoms. The number of pyridine rings is 1. The number of aliphatic hydroxyl groups excluding tert-OH is 1. The molecule has 1 N–H and O–H groups in total. The third-order valence-corrected chi connectivity index (χ3v) is 4.28. The maximum atomic E-state index is 8.94. The number of hydrogen-bond donors (Lipinski definition) is 1. The van der Waals surface area contributed by atoms with Crippen LogP contribution < -0.4 is 0 Å². The van der Waals surface area contributed by atoms with Crippen molar-refractivity contribution in [2.75, 3.05) is 6.61 Å². The number of benzene rings is 2. The van der Waals surface area contributed by atoms with Crippen LogP contribution in [0.2, 0.25) is 0 Å². The summed E-state index contributed by atoms with van der Waals surface area (Å²) in [4.78, 5) is 4.38. The first-order valence-electron chi connectivity index (χ1n) is 8.43. The SMILES string of the molecule is OCCCn1ccc(-c2cccc(-c3ccc4ncccc4c3)c2)n1. The van der Waals surface area contributed by atoms with Crippen molar-refractivity contribution in [2.24, 2.45) is 0 Å². The summed E-state index contributed by atoms with van der Waals surface area (Å²) in [6.07, 6.45) is 4.49. The molecule has 0 spiro atoms. The van der Waals surface area contributed by atoms with Crippen molar-refractivity contribution < 1.29 is 5.11 Å².